The number of hydrogen-bond donors (Lipinski definition) is 1. The van der Waals surface area contributed by atoms with Gasteiger partial charge in [-0.2, -0.15) is 0 Å². The van der Waals surface area contributed by atoms with Crippen molar-refractivity contribution in [3.63, 3.8) is 0 Å². The first-order valence-corrected chi connectivity index (χ1v) is 6.65. The van der Waals surface area contributed by atoms with Gasteiger partial charge in [0, 0.05) is 24.4 Å². The molecule has 1 heterocycles. The van der Waals surface area contributed by atoms with Crippen molar-refractivity contribution in [1.82, 2.24) is 10.3 Å². The standard InChI is InChI=1S/C14H24N2O/c1-10(11-5-6-11)12-9-15-13(17-12)7-8-16-14(2,3)4/h9-11,16H,5-8H2,1-4H3. The number of nitrogens with one attached hydrogen (secondary N) is 1. The molecule has 1 aliphatic rings. The molecule has 1 unspecified atom stereocenters. The molecule has 1 aromatic rings. The minimum atomic E-state index is 0.163. The van der Waals surface area contributed by atoms with Crippen molar-refractivity contribution in [2.75, 3.05) is 6.54 Å². The van der Waals surface area contributed by atoms with Crippen LogP contribution in [0.5, 0.6) is 0 Å². The third-order valence-electron chi connectivity index (χ3n) is 3.34. The average Bonchev–Trinajstić information content (AvgIpc) is 2.96. The Balaban J connectivity index is 1.81. The minimum Gasteiger partial charge on any atom is -0.445 e. The molecule has 1 atom stereocenters. The summed E-state index contributed by atoms with van der Waals surface area (Å²) in [5, 5.41) is 3.44. The van der Waals surface area contributed by atoms with Crippen LogP contribution >= 0.6 is 0 Å². The molecule has 1 saturated carbocycles. The molecule has 0 bridgehead atoms. The summed E-state index contributed by atoms with van der Waals surface area (Å²) < 4.78 is 5.81. The molecule has 96 valence electrons. The molecule has 1 aromatic heterocycles. The fourth-order valence-corrected chi connectivity index (χ4v) is 2.02. The van der Waals surface area contributed by atoms with Crippen LogP contribution in [0.15, 0.2) is 10.6 Å². The van der Waals surface area contributed by atoms with Crippen molar-refractivity contribution in [2.45, 2.75) is 58.4 Å². The molecule has 0 radical (unpaired) electrons. The molecular weight excluding hydrogens is 212 g/mol. The van der Waals surface area contributed by atoms with E-state index in [0.29, 0.717) is 5.92 Å². The first-order chi connectivity index (χ1) is 7.96. The zero-order valence-corrected chi connectivity index (χ0v) is 11.4. The van der Waals surface area contributed by atoms with Gasteiger partial charge in [0.25, 0.3) is 0 Å². The highest BCUT2D eigenvalue weighted by Gasteiger charge is 2.31. The maximum atomic E-state index is 5.81. The maximum Gasteiger partial charge on any atom is 0.195 e. The fourth-order valence-electron chi connectivity index (χ4n) is 2.02. The van der Waals surface area contributed by atoms with Gasteiger partial charge in [0.05, 0.1) is 6.20 Å². The second-order valence-electron chi connectivity index (χ2n) is 6.21. The van der Waals surface area contributed by atoms with Crippen molar-refractivity contribution in [2.24, 2.45) is 5.92 Å². The molecule has 2 rings (SSSR count). The van der Waals surface area contributed by atoms with Gasteiger partial charge in [-0.3, -0.25) is 0 Å². The van der Waals surface area contributed by atoms with Crippen LogP contribution in [0.25, 0.3) is 0 Å². The normalized spacial score (nSPS) is 18.4. The van der Waals surface area contributed by atoms with Gasteiger partial charge in [-0.25, -0.2) is 4.98 Å². The van der Waals surface area contributed by atoms with E-state index < -0.39 is 0 Å². The zero-order chi connectivity index (χ0) is 12.5. The largest absolute Gasteiger partial charge is 0.445 e. The van der Waals surface area contributed by atoms with Gasteiger partial charge in [-0.1, -0.05) is 6.92 Å². The smallest absolute Gasteiger partial charge is 0.195 e. The van der Waals surface area contributed by atoms with E-state index in [1.54, 1.807) is 0 Å². The van der Waals surface area contributed by atoms with Gasteiger partial charge in [-0.15, -0.1) is 0 Å². The Morgan fingerprint density at radius 1 is 1.47 bits per heavy atom. The molecule has 0 spiro atoms. The van der Waals surface area contributed by atoms with Crippen LogP contribution < -0.4 is 5.32 Å². The summed E-state index contributed by atoms with van der Waals surface area (Å²) in [4.78, 5) is 4.36. The van der Waals surface area contributed by atoms with E-state index in [-0.39, 0.29) is 5.54 Å². The van der Waals surface area contributed by atoms with Crippen molar-refractivity contribution in [1.29, 1.82) is 0 Å². The maximum absolute atomic E-state index is 5.81. The van der Waals surface area contributed by atoms with Gasteiger partial charge in [0.15, 0.2) is 5.89 Å². The van der Waals surface area contributed by atoms with E-state index in [0.717, 1.165) is 30.5 Å². The monoisotopic (exact) mass is 236 g/mol. The molecule has 3 nitrogen and oxygen atoms in total. The minimum absolute atomic E-state index is 0.163. The van der Waals surface area contributed by atoms with Gasteiger partial charge in [0.2, 0.25) is 0 Å². The number of nitrogens with zero attached hydrogens (tertiary/aromatic N) is 1. The predicted octanol–water partition coefficient (Wildman–Crippen LogP) is 3.12. The van der Waals surface area contributed by atoms with E-state index in [1.165, 1.54) is 12.8 Å². The molecule has 0 aliphatic heterocycles. The Morgan fingerprint density at radius 2 is 2.18 bits per heavy atom. The molecule has 1 N–H and O–H groups in total. The van der Waals surface area contributed by atoms with Crippen LogP contribution in [0.4, 0.5) is 0 Å². The van der Waals surface area contributed by atoms with Crippen molar-refractivity contribution >= 4 is 0 Å². The van der Waals surface area contributed by atoms with E-state index in [1.807, 2.05) is 6.20 Å². The second-order valence-corrected chi connectivity index (χ2v) is 6.21. The Kier molecular flexibility index (Phi) is 3.57. The first-order valence-electron chi connectivity index (χ1n) is 6.65. The van der Waals surface area contributed by atoms with E-state index in [4.69, 9.17) is 4.42 Å². The molecular formula is C14H24N2O. The number of aromatic nitrogens is 1. The van der Waals surface area contributed by atoms with Gasteiger partial charge in [0.1, 0.15) is 5.76 Å². The lowest BCUT2D eigenvalue weighted by atomic mass is 10.0. The summed E-state index contributed by atoms with van der Waals surface area (Å²) in [5.74, 6) is 3.32. The summed E-state index contributed by atoms with van der Waals surface area (Å²) >= 11 is 0. The molecule has 1 aliphatic carbocycles. The second kappa shape index (κ2) is 4.81. The van der Waals surface area contributed by atoms with Crippen LogP contribution in [-0.2, 0) is 6.42 Å². The van der Waals surface area contributed by atoms with Crippen LogP contribution in [0.3, 0.4) is 0 Å². The first kappa shape index (κ1) is 12.6. The highest BCUT2D eigenvalue weighted by molar-refractivity contribution is 5.05. The average molecular weight is 236 g/mol. The Bertz CT molecular complexity index is 361. The third-order valence-corrected chi connectivity index (χ3v) is 3.34. The molecule has 1 fully saturated rings. The lowest BCUT2D eigenvalue weighted by molar-refractivity contribution is 0.389. The van der Waals surface area contributed by atoms with Gasteiger partial charge >= 0.3 is 0 Å². The van der Waals surface area contributed by atoms with E-state index in [9.17, 15) is 0 Å². The van der Waals surface area contributed by atoms with Crippen molar-refractivity contribution in [3.8, 4) is 0 Å². The highest BCUT2D eigenvalue weighted by Crippen LogP contribution is 2.42. The summed E-state index contributed by atoms with van der Waals surface area (Å²) in [7, 11) is 0. The summed E-state index contributed by atoms with van der Waals surface area (Å²) in [6, 6.07) is 0. The van der Waals surface area contributed by atoms with E-state index >= 15 is 0 Å². The lowest BCUT2D eigenvalue weighted by Crippen LogP contribution is -2.37. The predicted molar refractivity (Wildman–Crippen MR) is 69.1 cm³/mol. The van der Waals surface area contributed by atoms with Crippen LogP contribution in [-0.4, -0.2) is 17.1 Å². The van der Waals surface area contributed by atoms with Crippen molar-refractivity contribution < 1.29 is 4.42 Å². The van der Waals surface area contributed by atoms with E-state index in [2.05, 4.69) is 38.0 Å². The molecule has 17 heavy (non-hydrogen) atoms. The lowest BCUT2D eigenvalue weighted by Gasteiger charge is -2.19. The number of rotatable bonds is 5. The molecule has 0 aromatic carbocycles. The highest BCUT2D eigenvalue weighted by atomic mass is 16.4. The summed E-state index contributed by atoms with van der Waals surface area (Å²) in [5.41, 5.74) is 0.163. The Hall–Kier alpha value is -0.830. The van der Waals surface area contributed by atoms with Gasteiger partial charge < -0.3 is 9.73 Å². The van der Waals surface area contributed by atoms with Crippen LogP contribution in [0.1, 0.15) is 58.1 Å². The number of oxazole rings is 1. The fraction of sp³-hybridized carbons (Fsp3) is 0.786. The quantitative estimate of drug-likeness (QED) is 0.853. The summed E-state index contributed by atoms with van der Waals surface area (Å²) in [6.45, 7) is 9.67. The molecule has 0 saturated heterocycles. The van der Waals surface area contributed by atoms with Crippen molar-refractivity contribution in [3.05, 3.63) is 17.8 Å². The van der Waals surface area contributed by atoms with Crippen LogP contribution in [0, 0.1) is 5.92 Å². The molecule has 3 heteroatoms. The van der Waals surface area contributed by atoms with Crippen LogP contribution in [0.2, 0.25) is 0 Å². The molecule has 0 amide bonds. The number of hydrogen-bond acceptors (Lipinski definition) is 3. The Morgan fingerprint density at radius 3 is 2.76 bits per heavy atom. The Labute approximate surface area is 104 Å². The SMILES string of the molecule is CC(c1cnc(CCNC(C)(C)C)o1)C1CC1. The third kappa shape index (κ3) is 3.84. The summed E-state index contributed by atoms with van der Waals surface area (Å²) in [6.07, 6.45) is 5.48. The zero-order valence-electron chi connectivity index (χ0n) is 11.4. The topological polar surface area (TPSA) is 38.1 Å². The van der Waals surface area contributed by atoms with Gasteiger partial charge in [-0.05, 0) is 39.5 Å².